The zero-order valence-electron chi connectivity index (χ0n) is 17.5. The van der Waals surface area contributed by atoms with Crippen LogP contribution in [-0.4, -0.2) is 38.1 Å². The van der Waals surface area contributed by atoms with Crippen molar-refractivity contribution in [3.05, 3.63) is 64.7 Å². The third-order valence-corrected chi connectivity index (χ3v) is 6.93. The van der Waals surface area contributed by atoms with Crippen LogP contribution in [-0.2, 0) is 9.59 Å². The van der Waals surface area contributed by atoms with Crippen LogP contribution in [0.1, 0.15) is 12.8 Å². The number of nitrogens with zero attached hydrogens (tertiary/aromatic N) is 2. The van der Waals surface area contributed by atoms with E-state index in [1.165, 1.54) is 0 Å². The number of hydrogen-bond acceptors (Lipinski definition) is 5. The van der Waals surface area contributed by atoms with Crippen LogP contribution in [0.2, 0.25) is 10.0 Å². The Bertz CT molecular complexity index is 1020. The first kappa shape index (κ1) is 22.5. The summed E-state index contributed by atoms with van der Waals surface area (Å²) in [4.78, 5) is 28.5. The number of benzene rings is 2. The Morgan fingerprint density at radius 2 is 1.50 bits per heavy atom. The molecule has 8 heteroatoms. The fourth-order valence-electron chi connectivity index (χ4n) is 4.30. The lowest BCUT2D eigenvalue weighted by Gasteiger charge is -2.37. The van der Waals surface area contributed by atoms with Gasteiger partial charge in [0.25, 0.3) is 0 Å². The highest BCUT2D eigenvalue weighted by Gasteiger charge is 2.30. The lowest BCUT2D eigenvalue weighted by Crippen LogP contribution is -2.46. The van der Waals surface area contributed by atoms with Gasteiger partial charge in [0, 0.05) is 49.4 Å². The Morgan fingerprint density at radius 3 is 2.16 bits per heavy atom. The number of allylic oxidation sites excluding steroid dienone is 2. The van der Waals surface area contributed by atoms with E-state index in [4.69, 9.17) is 23.2 Å². The quantitative estimate of drug-likeness (QED) is 0.672. The maximum atomic E-state index is 12.6. The van der Waals surface area contributed by atoms with E-state index >= 15 is 0 Å². The van der Waals surface area contributed by atoms with Crippen molar-refractivity contribution in [1.29, 1.82) is 0 Å². The summed E-state index contributed by atoms with van der Waals surface area (Å²) in [6, 6.07) is 13.3. The van der Waals surface area contributed by atoms with E-state index in [-0.39, 0.29) is 5.91 Å². The highest BCUT2D eigenvalue weighted by atomic mass is 35.5. The first-order chi connectivity index (χ1) is 15.4. The van der Waals surface area contributed by atoms with Gasteiger partial charge in [-0.3, -0.25) is 4.79 Å². The molecule has 1 aliphatic carbocycles. The third kappa shape index (κ3) is 4.87. The molecule has 0 radical (unpaired) electrons. The maximum absolute atomic E-state index is 12.6. The fourth-order valence-corrected chi connectivity index (χ4v) is 4.71. The number of carboxylic acids is 1. The van der Waals surface area contributed by atoms with Gasteiger partial charge in [0.2, 0.25) is 5.91 Å². The molecule has 0 bridgehead atoms. The van der Waals surface area contributed by atoms with Gasteiger partial charge in [-0.1, -0.05) is 41.4 Å². The van der Waals surface area contributed by atoms with Crippen molar-refractivity contribution in [3.63, 3.8) is 0 Å². The number of halogens is 2. The fraction of sp³-hybridized carbons (Fsp3) is 0.333. The average Bonchev–Trinajstić information content (AvgIpc) is 2.81. The minimum Gasteiger partial charge on any atom is -0.550 e. The summed E-state index contributed by atoms with van der Waals surface area (Å²) in [5.74, 6) is -2.87. The molecule has 2 aromatic carbocycles. The van der Waals surface area contributed by atoms with Crippen molar-refractivity contribution >= 4 is 52.1 Å². The number of nitrogens with one attached hydrogen (secondary N) is 1. The molecule has 2 atom stereocenters. The number of carboxylic acid groups (broad SMARTS) is 1. The molecule has 0 saturated carbocycles. The van der Waals surface area contributed by atoms with Gasteiger partial charge in [0.05, 0.1) is 21.7 Å². The predicted octanol–water partition coefficient (Wildman–Crippen LogP) is 3.59. The Hall–Kier alpha value is -2.70. The smallest absolute Gasteiger partial charge is 0.228 e. The zero-order valence-corrected chi connectivity index (χ0v) is 19.0. The number of piperazine rings is 1. The summed E-state index contributed by atoms with van der Waals surface area (Å²) >= 11 is 12.5. The molecule has 2 aromatic rings. The second kappa shape index (κ2) is 9.84. The van der Waals surface area contributed by atoms with Crippen LogP contribution in [0.15, 0.2) is 54.6 Å². The summed E-state index contributed by atoms with van der Waals surface area (Å²) in [6.45, 7) is 3.29. The molecule has 0 spiro atoms. The molecule has 0 unspecified atom stereocenters. The van der Waals surface area contributed by atoms with E-state index in [2.05, 4.69) is 15.1 Å². The minimum absolute atomic E-state index is 0.289. The number of anilines is 3. The number of hydrogen-bond donors (Lipinski definition) is 1. The van der Waals surface area contributed by atoms with Gasteiger partial charge in [-0.25, -0.2) is 0 Å². The zero-order chi connectivity index (χ0) is 22.7. The summed E-state index contributed by atoms with van der Waals surface area (Å²) in [5.41, 5.74) is 2.66. The summed E-state index contributed by atoms with van der Waals surface area (Å²) in [5, 5.41) is 15.3. The Balaban J connectivity index is 1.35. The van der Waals surface area contributed by atoms with Crippen molar-refractivity contribution in [2.45, 2.75) is 12.8 Å². The molecule has 1 fully saturated rings. The molecular formula is C24H24Cl2N3O3-. The van der Waals surface area contributed by atoms with Crippen molar-refractivity contribution in [2.75, 3.05) is 41.3 Å². The van der Waals surface area contributed by atoms with E-state index in [1.807, 2.05) is 42.5 Å². The highest BCUT2D eigenvalue weighted by molar-refractivity contribution is 6.43. The summed E-state index contributed by atoms with van der Waals surface area (Å²) in [6.07, 6.45) is 4.37. The van der Waals surface area contributed by atoms with Gasteiger partial charge >= 0.3 is 0 Å². The van der Waals surface area contributed by atoms with Crippen LogP contribution in [0, 0.1) is 11.8 Å². The largest absolute Gasteiger partial charge is 0.550 e. The van der Waals surface area contributed by atoms with Gasteiger partial charge in [-0.05, 0) is 49.2 Å². The van der Waals surface area contributed by atoms with Gasteiger partial charge in [0.1, 0.15) is 0 Å². The number of carbonyl (C=O) groups is 2. The average molecular weight is 473 g/mol. The number of amides is 1. The lowest BCUT2D eigenvalue weighted by molar-refractivity contribution is -0.313. The van der Waals surface area contributed by atoms with Gasteiger partial charge in [0.15, 0.2) is 0 Å². The molecule has 6 nitrogen and oxygen atoms in total. The van der Waals surface area contributed by atoms with Crippen LogP contribution in [0.5, 0.6) is 0 Å². The van der Waals surface area contributed by atoms with Crippen LogP contribution in [0.4, 0.5) is 17.1 Å². The molecule has 32 heavy (non-hydrogen) atoms. The second-order valence-corrected chi connectivity index (χ2v) is 8.84. The van der Waals surface area contributed by atoms with E-state index < -0.39 is 17.8 Å². The van der Waals surface area contributed by atoms with Crippen LogP contribution in [0.25, 0.3) is 0 Å². The summed E-state index contributed by atoms with van der Waals surface area (Å²) < 4.78 is 0. The predicted molar refractivity (Wildman–Crippen MR) is 126 cm³/mol. The number of aliphatic carboxylic acids is 1. The SMILES string of the molecule is O=C([O-])[C@H]1CC=CC[C@@H]1C(=O)Nc1ccc(N2CCN(c3cccc(Cl)c3Cl)CC2)cc1. The normalized spacial score (nSPS) is 20.8. The molecular weight excluding hydrogens is 449 g/mol. The summed E-state index contributed by atoms with van der Waals surface area (Å²) in [7, 11) is 0. The van der Waals surface area contributed by atoms with E-state index in [0.717, 1.165) is 37.6 Å². The van der Waals surface area contributed by atoms with E-state index in [0.29, 0.717) is 28.6 Å². The molecule has 1 N–H and O–H groups in total. The van der Waals surface area contributed by atoms with E-state index in [1.54, 1.807) is 12.1 Å². The second-order valence-electron chi connectivity index (χ2n) is 8.06. The van der Waals surface area contributed by atoms with Gasteiger partial charge in [-0.15, -0.1) is 0 Å². The van der Waals surface area contributed by atoms with E-state index in [9.17, 15) is 14.7 Å². The van der Waals surface area contributed by atoms with Crippen molar-refractivity contribution in [3.8, 4) is 0 Å². The molecule has 0 aromatic heterocycles. The monoisotopic (exact) mass is 472 g/mol. The lowest BCUT2D eigenvalue weighted by atomic mass is 9.82. The molecule has 168 valence electrons. The Labute approximate surface area is 197 Å². The van der Waals surface area contributed by atoms with Crippen LogP contribution >= 0.6 is 23.2 Å². The Kier molecular flexibility index (Phi) is 6.92. The maximum Gasteiger partial charge on any atom is 0.228 e. The molecule has 4 rings (SSSR count). The minimum atomic E-state index is -1.18. The first-order valence-electron chi connectivity index (χ1n) is 10.6. The Morgan fingerprint density at radius 1 is 0.875 bits per heavy atom. The molecule has 1 amide bonds. The van der Waals surface area contributed by atoms with Crippen molar-refractivity contribution in [1.82, 2.24) is 0 Å². The van der Waals surface area contributed by atoms with Gasteiger partial charge < -0.3 is 25.0 Å². The number of rotatable bonds is 5. The van der Waals surface area contributed by atoms with Gasteiger partial charge in [-0.2, -0.15) is 0 Å². The molecule has 1 aliphatic heterocycles. The molecule has 1 saturated heterocycles. The topological polar surface area (TPSA) is 75.7 Å². The van der Waals surface area contributed by atoms with Crippen LogP contribution < -0.4 is 20.2 Å². The standard InChI is InChI=1S/C24H25Cl2N3O3/c25-20-6-3-7-21(22(20)26)29-14-12-28(13-15-29)17-10-8-16(9-11-17)27-23(30)18-4-1-2-5-19(18)24(31)32/h1-3,6-11,18-19H,4-5,12-15H2,(H,27,30)(H,31,32)/p-1/t18-,19-/m0/s1. The third-order valence-electron chi connectivity index (χ3n) is 6.12. The van der Waals surface area contributed by atoms with Crippen molar-refractivity contribution < 1.29 is 14.7 Å². The van der Waals surface area contributed by atoms with Crippen molar-refractivity contribution in [2.24, 2.45) is 11.8 Å². The first-order valence-corrected chi connectivity index (χ1v) is 11.4. The highest BCUT2D eigenvalue weighted by Crippen LogP contribution is 2.33. The van der Waals surface area contributed by atoms with Crippen LogP contribution in [0.3, 0.4) is 0 Å². The molecule has 2 aliphatic rings. The molecule has 1 heterocycles. The number of carbonyl (C=O) groups excluding carboxylic acids is 2.